The van der Waals surface area contributed by atoms with Crippen molar-refractivity contribution in [1.82, 2.24) is 9.88 Å². The van der Waals surface area contributed by atoms with Crippen molar-refractivity contribution >= 4 is 40.0 Å². The van der Waals surface area contributed by atoms with Crippen molar-refractivity contribution in [2.45, 2.75) is 37.8 Å². The van der Waals surface area contributed by atoms with Gasteiger partial charge in [-0.2, -0.15) is 0 Å². The van der Waals surface area contributed by atoms with Crippen LogP contribution in [0.15, 0.2) is 38.4 Å². The third-order valence-corrected chi connectivity index (χ3v) is 6.25. The molecule has 4 nitrogen and oxygen atoms in total. The Balaban J connectivity index is 1.94. The topological polar surface area (TPSA) is 46.3 Å². The number of benzene rings is 1. The Morgan fingerprint density at radius 2 is 2.12 bits per heavy atom. The number of thioether (sulfide) groups is 1. The number of furan rings is 1. The predicted octanol–water partition coefficient (Wildman–Crippen LogP) is 5.61. The van der Waals surface area contributed by atoms with Crippen LogP contribution in [0.1, 0.15) is 42.6 Å². The van der Waals surface area contributed by atoms with E-state index in [0.717, 1.165) is 33.1 Å². The van der Waals surface area contributed by atoms with Gasteiger partial charge in [0, 0.05) is 40.9 Å². The largest absolute Gasteiger partial charge is 0.451 e. The Kier molecular flexibility index (Phi) is 6.04. The van der Waals surface area contributed by atoms with Gasteiger partial charge in [-0.25, -0.2) is 4.98 Å². The van der Waals surface area contributed by atoms with E-state index in [2.05, 4.69) is 18.8 Å². The molecule has 0 bridgehead atoms. The molecule has 0 aliphatic rings. The average Bonchev–Trinajstić information content (AvgIpc) is 3.20. The minimum Gasteiger partial charge on any atom is -0.451 e. The molecule has 0 saturated carbocycles. The van der Waals surface area contributed by atoms with Crippen molar-refractivity contribution in [3.05, 3.63) is 46.7 Å². The van der Waals surface area contributed by atoms with E-state index in [-0.39, 0.29) is 5.91 Å². The highest BCUT2D eigenvalue weighted by molar-refractivity contribution is 8.00. The Hall–Kier alpha value is -1.79. The molecular formula is C20H24N2O2S2. The lowest BCUT2D eigenvalue weighted by Crippen LogP contribution is -2.34. The first-order valence-electron chi connectivity index (χ1n) is 8.84. The number of aryl methyl sites for hydroxylation is 1. The van der Waals surface area contributed by atoms with Crippen molar-refractivity contribution in [3.63, 3.8) is 0 Å². The van der Waals surface area contributed by atoms with Crippen LogP contribution in [-0.4, -0.2) is 28.9 Å². The number of carbonyl (C=O) groups is 1. The SMILES string of the molecule is CCN(CC(C)C)C(=O)c1oc2ccccc2c1CSc1nc(C)cs1. The number of para-hydroxylation sites is 1. The normalized spacial score (nSPS) is 11.4. The Morgan fingerprint density at radius 3 is 2.77 bits per heavy atom. The second-order valence-electron chi connectivity index (χ2n) is 6.69. The van der Waals surface area contributed by atoms with Crippen LogP contribution in [0.5, 0.6) is 0 Å². The molecule has 0 N–H and O–H groups in total. The summed E-state index contributed by atoms with van der Waals surface area (Å²) in [5.41, 5.74) is 2.76. The Labute approximate surface area is 162 Å². The number of amides is 1. The third kappa shape index (κ3) is 4.13. The van der Waals surface area contributed by atoms with E-state index in [1.54, 1.807) is 23.1 Å². The van der Waals surface area contributed by atoms with Crippen molar-refractivity contribution in [1.29, 1.82) is 0 Å². The standard InChI is InChI=1S/C20H24N2O2S2/c1-5-22(10-13(2)3)19(23)18-16(12-26-20-21-14(4)11-25-20)15-8-6-7-9-17(15)24-18/h6-9,11,13H,5,10,12H2,1-4H3. The van der Waals surface area contributed by atoms with Crippen LogP contribution < -0.4 is 0 Å². The van der Waals surface area contributed by atoms with E-state index in [1.807, 2.05) is 48.4 Å². The van der Waals surface area contributed by atoms with Gasteiger partial charge in [0.15, 0.2) is 5.76 Å². The van der Waals surface area contributed by atoms with Gasteiger partial charge in [-0.1, -0.05) is 43.8 Å². The van der Waals surface area contributed by atoms with Gasteiger partial charge < -0.3 is 9.32 Å². The number of nitrogens with zero attached hydrogens (tertiary/aromatic N) is 2. The lowest BCUT2D eigenvalue weighted by atomic mass is 10.1. The summed E-state index contributed by atoms with van der Waals surface area (Å²) >= 11 is 3.29. The first-order valence-corrected chi connectivity index (χ1v) is 10.7. The molecular weight excluding hydrogens is 364 g/mol. The van der Waals surface area contributed by atoms with Gasteiger partial charge in [0.2, 0.25) is 0 Å². The second-order valence-corrected chi connectivity index (χ2v) is 8.77. The molecule has 26 heavy (non-hydrogen) atoms. The van der Waals surface area contributed by atoms with E-state index in [4.69, 9.17) is 4.42 Å². The number of rotatable bonds is 7. The van der Waals surface area contributed by atoms with Crippen LogP contribution >= 0.6 is 23.1 Å². The highest BCUT2D eigenvalue weighted by Crippen LogP contribution is 2.33. The molecule has 0 fully saturated rings. The summed E-state index contributed by atoms with van der Waals surface area (Å²) in [7, 11) is 0. The molecule has 138 valence electrons. The number of carbonyl (C=O) groups excluding carboxylic acids is 1. The fourth-order valence-corrected chi connectivity index (χ4v) is 4.76. The molecule has 2 heterocycles. The summed E-state index contributed by atoms with van der Waals surface area (Å²) in [6.45, 7) is 9.65. The van der Waals surface area contributed by atoms with Crippen LogP contribution in [-0.2, 0) is 5.75 Å². The maximum Gasteiger partial charge on any atom is 0.289 e. The molecule has 0 spiro atoms. The Morgan fingerprint density at radius 1 is 1.35 bits per heavy atom. The van der Waals surface area contributed by atoms with Crippen LogP contribution in [0.2, 0.25) is 0 Å². The molecule has 0 aliphatic carbocycles. The highest BCUT2D eigenvalue weighted by atomic mass is 32.2. The highest BCUT2D eigenvalue weighted by Gasteiger charge is 2.25. The zero-order chi connectivity index (χ0) is 18.7. The smallest absolute Gasteiger partial charge is 0.289 e. The molecule has 0 radical (unpaired) electrons. The Bertz CT molecular complexity index is 898. The van der Waals surface area contributed by atoms with Gasteiger partial charge in [0.1, 0.15) is 9.92 Å². The minimum absolute atomic E-state index is 0.0247. The summed E-state index contributed by atoms with van der Waals surface area (Å²) in [6, 6.07) is 7.87. The van der Waals surface area contributed by atoms with E-state index >= 15 is 0 Å². The summed E-state index contributed by atoms with van der Waals surface area (Å²) in [6.07, 6.45) is 0. The maximum atomic E-state index is 13.1. The lowest BCUT2D eigenvalue weighted by Gasteiger charge is -2.22. The fourth-order valence-electron chi connectivity index (χ4n) is 2.89. The molecule has 1 amide bonds. The number of hydrogen-bond donors (Lipinski definition) is 0. The summed E-state index contributed by atoms with van der Waals surface area (Å²) < 4.78 is 7.01. The molecule has 3 rings (SSSR count). The van der Waals surface area contributed by atoms with Crippen molar-refractivity contribution in [3.8, 4) is 0 Å². The van der Waals surface area contributed by atoms with Gasteiger partial charge in [-0.05, 0) is 25.8 Å². The van der Waals surface area contributed by atoms with Gasteiger partial charge in [-0.3, -0.25) is 4.79 Å². The molecule has 0 saturated heterocycles. The van der Waals surface area contributed by atoms with Gasteiger partial charge in [0.25, 0.3) is 5.91 Å². The van der Waals surface area contributed by atoms with Crippen LogP contribution in [0.4, 0.5) is 0 Å². The number of hydrogen-bond acceptors (Lipinski definition) is 5. The minimum atomic E-state index is -0.0247. The quantitative estimate of drug-likeness (QED) is 0.494. The van der Waals surface area contributed by atoms with Gasteiger partial charge >= 0.3 is 0 Å². The predicted molar refractivity (Wildman–Crippen MR) is 109 cm³/mol. The van der Waals surface area contributed by atoms with E-state index in [9.17, 15) is 4.79 Å². The van der Waals surface area contributed by atoms with Crippen LogP contribution in [0, 0.1) is 12.8 Å². The number of thiazole rings is 1. The van der Waals surface area contributed by atoms with Crippen LogP contribution in [0.3, 0.4) is 0 Å². The monoisotopic (exact) mass is 388 g/mol. The molecule has 6 heteroatoms. The van der Waals surface area contributed by atoms with E-state index in [1.165, 1.54) is 0 Å². The van der Waals surface area contributed by atoms with E-state index < -0.39 is 0 Å². The summed E-state index contributed by atoms with van der Waals surface area (Å²) in [5.74, 6) is 1.53. The third-order valence-electron chi connectivity index (χ3n) is 4.08. The average molecular weight is 389 g/mol. The molecule has 1 aromatic carbocycles. The van der Waals surface area contributed by atoms with Crippen LogP contribution in [0.25, 0.3) is 11.0 Å². The summed E-state index contributed by atoms with van der Waals surface area (Å²) in [5, 5.41) is 3.06. The zero-order valence-electron chi connectivity index (χ0n) is 15.6. The first-order chi connectivity index (χ1) is 12.5. The first kappa shape index (κ1) is 19.0. The molecule has 0 unspecified atom stereocenters. The lowest BCUT2D eigenvalue weighted by molar-refractivity contribution is 0.0715. The van der Waals surface area contributed by atoms with Crippen molar-refractivity contribution in [2.75, 3.05) is 13.1 Å². The van der Waals surface area contributed by atoms with E-state index in [0.29, 0.717) is 24.0 Å². The van der Waals surface area contributed by atoms with Crippen molar-refractivity contribution in [2.24, 2.45) is 5.92 Å². The van der Waals surface area contributed by atoms with Gasteiger partial charge in [-0.15, -0.1) is 11.3 Å². The second kappa shape index (κ2) is 8.27. The number of fused-ring (bicyclic) bond motifs is 1. The molecule has 0 aliphatic heterocycles. The molecule has 2 aromatic heterocycles. The molecule has 3 aromatic rings. The van der Waals surface area contributed by atoms with Crippen molar-refractivity contribution < 1.29 is 9.21 Å². The fraction of sp³-hybridized carbons (Fsp3) is 0.400. The number of aromatic nitrogens is 1. The zero-order valence-corrected chi connectivity index (χ0v) is 17.2. The molecule has 0 atom stereocenters. The summed E-state index contributed by atoms with van der Waals surface area (Å²) in [4.78, 5) is 19.5. The maximum absolute atomic E-state index is 13.1. The van der Waals surface area contributed by atoms with Gasteiger partial charge in [0.05, 0.1) is 0 Å².